The average Bonchev–Trinajstić information content (AvgIpc) is 3.13. The number of ether oxygens (including phenoxy) is 1. The number of fused-ring (bicyclic) bond motifs is 2. The molecule has 6 heteroatoms. The number of benzene rings is 6. The van der Waals surface area contributed by atoms with E-state index in [2.05, 4.69) is 91.0 Å². The molecule has 5 aromatic carbocycles. The summed E-state index contributed by atoms with van der Waals surface area (Å²) in [5.41, 5.74) is 2.74. The number of phenols is 1. The normalized spacial score (nSPS) is 11.5. The molecule has 5 aromatic rings. The average molecular weight is 650 g/mol. The van der Waals surface area contributed by atoms with Crippen molar-refractivity contribution in [2.45, 2.75) is 12.8 Å². The third-order valence-corrected chi connectivity index (χ3v) is 13.3. The third kappa shape index (κ3) is 6.01. The lowest BCUT2D eigenvalue weighted by molar-refractivity contribution is 0.0501. The van der Waals surface area contributed by atoms with E-state index in [1.165, 1.54) is 34.1 Å². The lowest BCUT2D eigenvalue weighted by Crippen LogP contribution is -2.33. The molecule has 7 rings (SSSR count). The van der Waals surface area contributed by atoms with Crippen LogP contribution in [0.4, 0.5) is 0 Å². The van der Waals surface area contributed by atoms with Crippen molar-refractivity contribution in [2.75, 3.05) is 12.8 Å². The minimum Gasteiger partial charge on any atom is -0.508 e. The fourth-order valence-electron chi connectivity index (χ4n) is 6.60. The molecule has 48 heavy (non-hydrogen) atoms. The maximum Gasteiger partial charge on any atom is 0.338 e. The number of phenolic OH excluding ortho intramolecular Hbond substituents is 1. The van der Waals surface area contributed by atoms with E-state index in [4.69, 9.17) is 9.15 Å². The van der Waals surface area contributed by atoms with Gasteiger partial charge in [-0.15, -0.1) is 0 Å². The zero-order valence-electron chi connectivity index (χ0n) is 26.3. The number of rotatable bonds is 10. The largest absolute Gasteiger partial charge is 0.508 e. The van der Waals surface area contributed by atoms with Crippen LogP contribution in [0.15, 0.2) is 161 Å². The molecule has 0 radical (unpaired) electrons. The molecular formula is C42H34O5P+. The van der Waals surface area contributed by atoms with Crippen molar-refractivity contribution in [3.8, 4) is 28.2 Å². The van der Waals surface area contributed by atoms with Gasteiger partial charge in [0.05, 0.1) is 18.3 Å². The van der Waals surface area contributed by atoms with Crippen LogP contribution >= 0.6 is 7.26 Å². The fourth-order valence-corrected chi connectivity index (χ4v) is 11.0. The van der Waals surface area contributed by atoms with Crippen molar-refractivity contribution >= 4 is 40.1 Å². The van der Waals surface area contributed by atoms with Crippen LogP contribution < -0.4 is 21.3 Å². The molecule has 0 fully saturated rings. The van der Waals surface area contributed by atoms with E-state index >= 15 is 0 Å². The van der Waals surface area contributed by atoms with Gasteiger partial charge in [0.15, 0.2) is 5.43 Å². The maximum atomic E-state index is 13.7. The van der Waals surface area contributed by atoms with Gasteiger partial charge in [0.25, 0.3) is 0 Å². The molecule has 236 valence electrons. The van der Waals surface area contributed by atoms with Crippen LogP contribution in [0, 0.1) is 0 Å². The molecule has 0 atom stereocenters. The summed E-state index contributed by atoms with van der Waals surface area (Å²) in [4.78, 5) is 25.9. The van der Waals surface area contributed by atoms with E-state index in [0.717, 1.165) is 18.1 Å². The summed E-state index contributed by atoms with van der Waals surface area (Å²) >= 11 is 0. The quantitative estimate of drug-likeness (QED) is 0.0700. The van der Waals surface area contributed by atoms with Gasteiger partial charge in [0.2, 0.25) is 0 Å². The second-order valence-corrected chi connectivity index (χ2v) is 15.4. The van der Waals surface area contributed by atoms with Crippen molar-refractivity contribution in [3.05, 3.63) is 167 Å². The Morgan fingerprint density at radius 2 is 1.25 bits per heavy atom. The summed E-state index contributed by atoms with van der Waals surface area (Å²) in [6, 6.07) is 49.2. The Balaban J connectivity index is 1.15. The van der Waals surface area contributed by atoms with Gasteiger partial charge in [-0.25, -0.2) is 4.79 Å². The van der Waals surface area contributed by atoms with Gasteiger partial charge in [-0.3, -0.25) is 4.79 Å². The second kappa shape index (κ2) is 13.7. The fraction of sp³-hybridized carbons (Fsp3) is 0.0952. The van der Waals surface area contributed by atoms with Gasteiger partial charge >= 0.3 is 5.97 Å². The smallest absolute Gasteiger partial charge is 0.338 e. The predicted octanol–water partition coefficient (Wildman–Crippen LogP) is 8.20. The first-order valence-electron chi connectivity index (χ1n) is 16.1. The minimum absolute atomic E-state index is 0.0424. The third-order valence-electron chi connectivity index (χ3n) is 8.81. The predicted molar refractivity (Wildman–Crippen MR) is 196 cm³/mol. The van der Waals surface area contributed by atoms with E-state index < -0.39 is 13.2 Å². The molecule has 1 aliphatic carbocycles. The van der Waals surface area contributed by atoms with Gasteiger partial charge in [0.1, 0.15) is 40.3 Å². The zero-order valence-corrected chi connectivity index (χ0v) is 27.2. The van der Waals surface area contributed by atoms with E-state index in [-0.39, 0.29) is 17.8 Å². The molecule has 0 spiro atoms. The van der Waals surface area contributed by atoms with E-state index in [1.54, 1.807) is 24.3 Å². The molecule has 0 unspecified atom stereocenters. The number of unbranched alkanes of at least 4 members (excludes halogenated alkanes) is 1. The Morgan fingerprint density at radius 1 is 0.646 bits per heavy atom. The van der Waals surface area contributed by atoms with Gasteiger partial charge < -0.3 is 14.3 Å². The Hall–Kier alpha value is -5.51. The van der Waals surface area contributed by atoms with Crippen LogP contribution in [0.25, 0.3) is 33.4 Å². The van der Waals surface area contributed by atoms with Crippen LogP contribution in [-0.4, -0.2) is 23.8 Å². The molecule has 5 nitrogen and oxygen atoms in total. The summed E-state index contributed by atoms with van der Waals surface area (Å²) < 4.78 is 12.0. The summed E-state index contributed by atoms with van der Waals surface area (Å²) in [6.45, 7) is 0.282. The maximum absolute atomic E-state index is 13.7. The van der Waals surface area contributed by atoms with Crippen molar-refractivity contribution in [2.24, 2.45) is 0 Å². The monoisotopic (exact) mass is 649 g/mol. The highest BCUT2D eigenvalue weighted by Gasteiger charge is 2.44. The number of esters is 1. The van der Waals surface area contributed by atoms with Gasteiger partial charge in [-0.05, 0) is 85.1 Å². The Morgan fingerprint density at radius 3 is 1.90 bits per heavy atom. The minimum atomic E-state index is -1.97. The van der Waals surface area contributed by atoms with Crippen LogP contribution in [0.3, 0.4) is 0 Å². The van der Waals surface area contributed by atoms with Crippen LogP contribution in [0.5, 0.6) is 5.75 Å². The summed E-state index contributed by atoms with van der Waals surface area (Å²) in [7, 11) is -1.97. The zero-order chi connectivity index (χ0) is 32.9. The first kappa shape index (κ1) is 31.1. The number of hydrogen-bond donors (Lipinski definition) is 1. The lowest BCUT2D eigenvalue weighted by Gasteiger charge is -2.27. The van der Waals surface area contributed by atoms with E-state index in [9.17, 15) is 14.7 Å². The van der Waals surface area contributed by atoms with Gasteiger partial charge in [0, 0.05) is 28.6 Å². The number of carbonyl (C=O) groups excluding carboxylic acids is 1. The van der Waals surface area contributed by atoms with Crippen LogP contribution in [0.1, 0.15) is 23.2 Å². The molecule has 1 heterocycles. The molecular weight excluding hydrogens is 615 g/mol. The van der Waals surface area contributed by atoms with Crippen molar-refractivity contribution < 1.29 is 19.1 Å². The van der Waals surface area contributed by atoms with E-state index in [1.807, 2.05) is 18.2 Å². The first-order valence-corrected chi connectivity index (χ1v) is 18.0. The standard InChI is InChI=1S/C42H33O5P/c43-30-22-24-37-39(28-30)47-40-29-31(44)23-25-38(40)41(37)35-20-10-11-21-36(35)42(45)46-26-12-13-27-48(32-14-4-1-5-15-32,33-16-6-2-7-17-33)34-18-8-3-9-19-34/h1-11,14-25,28-29H,12-13,26-27H2/p+1. The lowest BCUT2D eigenvalue weighted by atomic mass is 9.91. The highest BCUT2D eigenvalue weighted by Crippen LogP contribution is 2.56. The molecule has 1 aliphatic heterocycles. The summed E-state index contributed by atoms with van der Waals surface area (Å²) in [5.74, 6) is 0.00349. The Bertz CT molecular complexity index is 2110. The van der Waals surface area contributed by atoms with Crippen molar-refractivity contribution in [1.29, 1.82) is 0 Å². The van der Waals surface area contributed by atoms with Crippen LogP contribution in [0.2, 0.25) is 0 Å². The highest BCUT2D eigenvalue weighted by atomic mass is 31.2. The summed E-state index contributed by atoms with van der Waals surface area (Å²) in [6.07, 6.45) is 2.53. The SMILES string of the molecule is O=C(OCCCC[P+](c1ccccc1)(c1ccccc1)c1ccccc1)c1ccccc1-c1c2ccc(=O)cc-2oc2cc(O)ccc12. The number of hydrogen-bond acceptors (Lipinski definition) is 5. The molecule has 0 aromatic heterocycles. The first-order chi connectivity index (χ1) is 23.5. The molecule has 1 N–H and O–H groups in total. The van der Waals surface area contributed by atoms with Crippen LogP contribution in [-0.2, 0) is 4.74 Å². The molecule has 0 saturated heterocycles. The number of carbonyl (C=O) groups is 1. The Kier molecular flexibility index (Phi) is 8.87. The highest BCUT2D eigenvalue weighted by molar-refractivity contribution is 7.95. The van der Waals surface area contributed by atoms with Crippen molar-refractivity contribution in [1.82, 2.24) is 0 Å². The molecule has 0 saturated carbocycles. The molecule has 2 aliphatic rings. The summed E-state index contributed by atoms with van der Waals surface area (Å²) in [5, 5.41) is 14.9. The second-order valence-electron chi connectivity index (χ2n) is 11.7. The van der Waals surface area contributed by atoms with Gasteiger partial charge in [-0.2, -0.15) is 0 Å². The molecule has 0 bridgehead atoms. The van der Waals surface area contributed by atoms with Crippen molar-refractivity contribution in [3.63, 3.8) is 0 Å². The topological polar surface area (TPSA) is 76.7 Å². The molecule has 0 amide bonds. The number of aromatic hydroxyl groups is 1. The van der Waals surface area contributed by atoms with Gasteiger partial charge in [-0.1, -0.05) is 72.8 Å². The van der Waals surface area contributed by atoms with E-state index in [0.29, 0.717) is 39.8 Å². The Labute approximate surface area is 279 Å².